The first-order valence-corrected chi connectivity index (χ1v) is 11.2. The molecule has 0 saturated heterocycles. The van der Waals surface area contributed by atoms with Crippen LogP contribution in [0.2, 0.25) is 0 Å². The van der Waals surface area contributed by atoms with Gasteiger partial charge in [0.15, 0.2) is 5.76 Å². The number of imidazole rings is 1. The lowest BCUT2D eigenvalue weighted by Crippen LogP contribution is -2.21. The zero-order valence-corrected chi connectivity index (χ0v) is 19.8. The van der Waals surface area contributed by atoms with Gasteiger partial charge in [0, 0.05) is 24.0 Å². The van der Waals surface area contributed by atoms with Crippen molar-refractivity contribution in [3.8, 4) is 5.69 Å². The fourth-order valence-corrected chi connectivity index (χ4v) is 3.70. The molecule has 4 rings (SSSR count). The van der Waals surface area contributed by atoms with E-state index in [2.05, 4.69) is 15.6 Å². The monoisotopic (exact) mass is 514 g/mol. The van der Waals surface area contributed by atoms with Gasteiger partial charge in [-0.1, -0.05) is 12.1 Å². The molecule has 7 nitrogen and oxygen atoms in total. The van der Waals surface area contributed by atoms with Crippen LogP contribution in [0.5, 0.6) is 0 Å². The molecule has 0 unspecified atom stereocenters. The third kappa shape index (κ3) is 6.05. The third-order valence-electron chi connectivity index (χ3n) is 5.43. The van der Waals surface area contributed by atoms with Crippen molar-refractivity contribution in [3.05, 3.63) is 89.5 Å². The molecule has 1 aromatic heterocycles. The second-order valence-electron chi connectivity index (χ2n) is 8.19. The number of aryl methyl sites for hydroxylation is 1. The van der Waals surface area contributed by atoms with Crippen LogP contribution in [0.25, 0.3) is 11.3 Å². The highest BCUT2D eigenvalue weighted by Crippen LogP contribution is 2.33. The number of anilines is 2. The molecular formula is C26H22F4N4O3. The van der Waals surface area contributed by atoms with Crippen molar-refractivity contribution in [1.29, 1.82) is 0 Å². The van der Waals surface area contributed by atoms with Crippen molar-refractivity contribution in [1.82, 2.24) is 9.55 Å². The van der Waals surface area contributed by atoms with E-state index in [1.807, 2.05) is 0 Å². The number of ether oxygens (including phenoxy) is 1. The van der Waals surface area contributed by atoms with Gasteiger partial charge in [-0.3, -0.25) is 4.79 Å². The van der Waals surface area contributed by atoms with Gasteiger partial charge in [0.05, 0.1) is 29.9 Å². The molecule has 3 aromatic rings. The van der Waals surface area contributed by atoms with Gasteiger partial charge in [0.25, 0.3) is 0 Å². The molecular weight excluding hydrogens is 492 g/mol. The predicted octanol–water partition coefficient (Wildman–Crippen LogP) is 6.26. The van der Waals surface area contributed by atoms with Crippen molar-refractivity contribution in [2.45, 2.75) is 26.4 Å². The van der Waals surface area contributed by atoms with Gasteiger partial charge in [0.1, 0.15) is 5.82 Å². The van der Waals surface area contributed by atoms with E-state index in [-0.39, 0.29) is 35.0 Å². The summed E-state index contributed by atoms with van der Waals surface area (Å²) in [6, 6.07) is 6.17. The highest BCUT2D eigenvalue weighted by molar-refractivity contribution is 6.02. The van der Waals surface area contributed by atoms with Gasteiger partial charge in [-0.25, -0.2) is 14.2 Å². The maximum atomic E-state index is 14.8. The quantitative estimate of drug-likeness (QED) is 0.381. The molecule has 1 aliphatic rings. The number of aromatic nitrogens is 2. The Kier molecular flexibility index (Phi) is 7.14. The lowest BCUT2D eigenvalue weighted by molar-refractivity contribution is -0.137. The largest absolute Gasteiger partial charge is 0.490 e. The summed E-state index contributed by atoms with van der Waals surface area (Å²) < 4.78 is 61.8. The Bertz CT molecular complexity index is 1420. The van der Waals surface area contributed by atoms with E-state index in [4.69, 9.17) is 4.74 Å². The van der Waals surface area contributed by atoms with Crippen molar-refractivity contribution >= 4 is 28.8 Å². The number of rotatable bonds is 6. The van der Waals surface area contributed by atoms with Crippen LogP contribution >= 0.6 is 0 Å². The molecule has 0 atom stereocenters. The van der Waals surface area contributed by atoms with E-state index in [9.17, 15) is 27.2 Å². The maximum Gasteiger partial charge on any atom is 0.416 e. The van der Waals surface area contributed by atoms with Crippen molar-refractivity contribution in [2.75, 3.05) is 17.2 Å². The van der Waals surface area contributed by atoms with Gasteiger partial charge < -0.3 is 19.9 Å². The standard InChI is InChI=1S/C26H22F4N4O3/c1-3-37-24-9-17(5-7-23(24)35)16-4-6-22(21(27)8-16)33-25(36)32-19-10-18(26(28,29)30)11-20(12-19)34-13-15(2)31-14-34/h4-6,8-14H,3,7H2,1-2H3,(H2,32,33,36). The maximum absolute atomic E-state index is 14.8. The first kappa shape index (κ1) is 25.7. The summed E-state index contributed by atoms with van der Waals surface area (Å²) in [5.41, 5.74) is 0.497. The Morgan fingerprint density at radius 3 is 2.59 bits per heavy atom. The number of carbonyl (C=O) groups excluding carboxylic acids is 2. The summed E-state index contributed by atoms with van der Waals surface area (Å²) in [5, 5.41) is 4.63. The number of nitrogens with zero attached hydrogens (tertiary/aromatic N) is 2. The summed E-state index contributed by atoms with van der Waals surface area (Å²) in [5.74, 6) is -0.759. The van der Waals surface area contributed by atoms with E-state index in [1.165, 1.54) is 35.2 Å². The van der Waals surface area contributed by atoms with Crippen molar-refractivity contribution in [2.24, 2.45) is 0 Å². The number of benzene rings is 2. The first-order chi connectivity index (χ1) is 17.5. The second kappa shape index (κ2) is 10.3. The minimum Gasteiger partial charge on any atom is -0.490 e. The average molecular weight is 514 g/mol. The van der Waals surface area contributed by atoms with E-state index < -0.39 is 23.6 Å². The molecule has 11 heteroatoms. The molecule has 0 saturated carbocycles. The topological polar surface area (TPSA) is 85.2 Å². The van der Waals surface area contributed by atoms with E-state index in [0.29, 0.717) is 23.4 Å². The molecule has 1 aliphatic carbocycles. The fourth-order valence-electron chi connectivity index (χ4n) is 3.70. The van der Waals surface area contributed by atoms with Gasteiger partial charge in [-0.2, -0.15) is 13.2 Å². The number of hydrogen-bond acceptors (Lipinski definition) is 4. The smallest absolute Gasteiger partial charge is 0.416 e. The number of nitrogens with one attached hydrogen (secondary N) is 2. The van der Waals surface area contributed by atoms with Crippen molar-refractivity contribution in [3.63, 3.8) is 0 Å². The van der Waals surface area contributed by atoms with Crippen LogP contribution in [0.4, 0.5) is 33.7 Å². The normalized spacial score (nSPS) is 13.6. The Hall–Kier alpha value is -4.41. The molecule has 2 aromatic carbocycles. The van der Waals surface area contributed by atoms with E-state index in [1.54, 1.807) is 32.2 Å². The third-order valence-corrected chi connectivity index (χ3v) is 5.43. The Balaban J connectivity index is 1.53. The summed E-state index contributed by atoms with van der Waals surface area (Å²) in [4.78, 5) is 28.4. The molecule has 0 aliphatic heterocycles. The molecule has 37 heavy (non-hydrogen) atoms. The zero-order chi connectivity index (χ0) is 26.7. The molecule has 1 heterocycles. The summed E-state index contributed by atoms with van der Waals surface area (Å²) in [6.07, 6.45) is 1.53. The first-order valence-electron chi connectivity index (χ1n) is 11.2. The van der Waals surface area contributed by atoms with Crippen LogP contribution in [-0.2, 0) is 15.7 Å². The average Bonchev–Trinajstić information content (AvgIpc) is 3.27. The van der Waals surface area contributed by atoms with Crippen LogP contribution in [0.3, 0.4) is 0 Å². The lowest BCUT2D eigenvalue weighted by atomic mass is 9.97. The van der Waals surface area contributed by atoms with Crippen LogP contribution in [-0.4, -0.2) is 28.0 Å². The van der Waals surface area contributed by atoms with Gasteiger partial charge in [0.2, 0.25) is 5.78 Å². The number of ketones is 1. The summed E-state index contributed by atoms with van der Waals surface area (Å²) >= 11 is 0. The van der Waals surface area contributed by atoms with Gasteiger partial charge in [-0.05, 0) is 61.4 Å². The van der Waals surface area contributed by atoms with Crippen LogP contribution in [0.1, 0.15) is 30.2 Å². The number of halogens is 4. The predicted molar refractivity (Wildman–Crippen MR) is 130 cm³/mol. The lowest BCUT2D eigenvalue weighted by Gasteiger charge is -2.15. The van der Waals surface area contributed by atoms with E-state index >= 15 is 0 Å². The number of Topliss-reactive ketones (excluding diaryl/α,β-unsaturated/α-hetero) is 1. The molecule has 0 radical (unpaired) electrons. The number of allylic oxidation sites excluding steroid dienone is 4. The number of alkyl halides is 3. The molecule has 0 fully saturated rings. The highest BCUT2D eigenvalue weighted by atomic mass is 19.4. The van der Waals surface area contributed by atoms with Crippen LogP contribution in [0, 0.1) is 12.7 Å². The molecule has 0 spiro atoms. The second-order valence-corrected chi connectivity index (χ2v) is 8.19. The number of carbonyl (C=O) groups is 2. The molecule has 2 amide bonds. The number of urea groups is 1. The minimum atomic E-state index is -4.66. The number of hydrogen-bond donors (Lipinski definition) is 2. The Morgan fingerprint density at radius 2 is 1.95 bits per heavy atom. The molecule has 0 bridgehead atoms. The van der Waals surface area contributed by atoms with Crippen LogP contribution in [0.15, 0.2) is 66.8 Å². The SMILES string of the molecule is CCOC1=CC(c2ccc(NC(=O)Nc3cc(-n4cnc(C)c4)cc(C(F)(F)F)c3)c(F)c2)=CCC1=O. The molecule has 2 N–H and O–H groups in total. The zero-order valence-electron chi connectivity index (χ0n) is 19.8. The number of amides is 2. The molecule has 192 valence electrons. The Labute approximate surface area is 209 Å². The highest BCUT2D eigenvalue weighted by Gasteiger charge is 2.31. The Morgan fingerprint density at radius 1 is 1.16 bits per heavy atom. The van der Waals surface area contributed by atoms with Crippen molar-refractivity contribution < 1.29 is 31.9 Å². The van der Waals surface area contributed by atoms with Gasteiger partial charge >= 0.3 is 12.2 Å². The van der Waals surface area contributed by atoms with E-state index in [0.717, 1.165) is 12.1 Å². The minimum absolute atomic E-state index is 0.114. The van der Waals surface area contributed by atoms with Crippen LogP contribution < -0.4 is 10.6 Å². The summed E-state index contributed by atoms with van der Waals surface area (Å²) in [7, 11) is 0. The fraction of sp³-hybridized carbons (Fsp3) is 0.192. The van der Waals surface area contributed by atoms with Gasteiger partial charge in [-0.15, -0.1) is 0 Å². The summed E-state index contributed by atoms with van der Waals surface area (Å²) in [6.45, 7) is 3.75.